The van der Waals surface area contributed by atoms with Gasteiger partial charge in [-0.2, -0.15) is 0 Å². The van der Waals surface area contributed by atoms with Gasteiger partial charge in [0.1, 0.15) is 0 Å². The summed E-state index contributed by atoms with van der Waals surface area (Å²) in [7, 11) is -0.348. The first kappa shape index (κ1) is 9.41. The molecule has 0 spiro atoms. The van der Waals surface area contributed by atoms with Crippen molar-refractivity contribution in [2.24, 2.45) is 0 Å². The molecule has 1 unspecified atom stereocenters. The highest BCUT2D eigenvalue weighted by atomic mass is 31.1. The van der Waals surface area contributed by atoms with Gasteiger partial charge in [0.05, 0.1) is 8.46 Å². The van der Waals surface area contributed by atoms with Gasteiger partial charge in [0, 0.05) is 5.30 Å². The third-order valence-corrected chi connectivity index (χ3v) is 2.50. The molecule has 0 fully saturated rings. The standard InChI is InChI=1S/C10H14OP/c1-10(2,3)8-6-4-5-7-9(8)12-11/h4-7,12H,1-3H3. The lowest BCUT2D eigenvalue weighted by molar-refractivity contribution is 0.588. The number of benzene rings is 1. The van der Waals surface area contributed by atoms with Gasteiger partial charge >= 0.3 is 0 Å². The van der Waals surface area contributed by atoms with Gasteiger partial charge in [-0.3, -0.25) is 4.57 Å². The van der Waals surface area contributed by atoms with E-state index in [1.165, 1.54) is 5.56 Å². The zero-order valence-corrected chi connectivity index (χ0v) is 8.72. The van der Waals surface area contributed by atoms with E-state index in [0.29, 0.717) is 0 Å². The molecule has 0 heterocycles. The zero-order valence-electron chi connectivity index (χ0n) is 7.72. The van der Waals surface area contributed by atoms with E-state index in [0.717, 1.165) is 5.30 Å². The molecule has 0 N–H and O–H groups in total. The molecule has 0 aromatic heterocycles. The fraction of sp³-hybridized carbons (Fsp3) is 0.400. The maximum absolute atomic E-state index is 10.8. The van der Waals surface area contributed by atoms with Crippen LogP contribution in [-0.2, 0) is 9.98 Å². The van der Waals surface area contributed by atoms with Gasteiger partial charge in [0.15, 0.2) is 0 Å². The maximum atomic E-state index is 10.8. The van der Waals surface area contributed by atoms with Crippen LogP contribution in [0.2, 0.25) is 0 Å². The molecule has 1 aromatic rings. The Labute approximate surface area is 75.0 Å². The van der Waals surface area contributed by atoms with Crippen LogP contribution in [0.4, 0.5) is 0 Å². The van der Waals surface area contributed by atoms with Crippen LogP contribution in [0, 0.1) is 0 Å². The van der Waals surface area contributed by atoms with Gasteiger partial charge in [-0.15, -0.1) is 0 Å². The molecule has 2 heteroatoms. The van der Waals surface area contributed by atoms with E-state index in [9.17, 15) is 4.57 Å². The molecular formula is C10H14OP. The average Bonchev–Trinajstić information content (AvgIpc) is 2.03. The summed E-state index contributed by atoms with van der Waals surface area (Å²) in [6.45, 7) is 6.39. The van der Waals surface area contributed by atoms with E-state index in [1.54, 1.807) is 0 Å². The van der Waals surface area contributed by atoms with E-state index in [4.69, 9.17) is 0 Å². The third-order valence-electron chi connectivity index (χ3n) is 1.85. The number of rotatable bonds is 1. The molecule has 0 aliphatic heterocycles. The van der Waals surface area contributed by atoms with Crippen molar-refractivity contribution >= 4 is 13.8 Å². The van der Waals surface area contributed by atoms with Crippen molar-refractivity contribution in [3.63, 3.8) is 0 Å². The van der Waals surface area contributed by atoms with Crippen LogP contribution in [0.25, 0.3) is 0 Å². The van der Waals surface area contributed by atoms with E-state index in [-0.39, 0.29) is 13.9 Å². The Hall–Kier alpha value is -0.680. The molecule has 1 aromatic carbocycles. The molecule has 0 aliphatic rings. The lowest BCUT2D eigenvalue weighted by Gasteiger charge is -2.20. The van der Waals surface area contributed by atoms with Gasteiger partial charge in [-0.05, 0) is 17.0 Å². The Morgan fingerprint density at radius 3 is 2.17 bits per heavy atom. The Morgan fingerprint density at radius 2 is 1.75 bits per heavy atom. The number of hydrogen-bond donors (Lipinski definition) is 0. The minimum atomic E-state index is -0.348. The molecule has 1 nitrogen and oxygen atoms in total. The minimum absolute atomic E-state index is 0.0913. The first-order chi connectivity index (χ1) is 5.55. The lowest BCUT2D eigenvalue weighted by atomic mass is 9.87. The average molecular weight is 181 g/mol. The van der Waals surface area contributed by atoms with Crippen molar-refractivity contribution in [1.82, 2.24) is 0 Å². The summed E-state index contributed by atoms with van der Waals surface area (Å²) < 4.78 is 10.8. The SMILES string of the molecule is CC(C)(C)c1ccccc1[PH]=O. The summed E-state index contributed by atoms with van der Waals surface area (Å²) in [5.41, 5.74) is 1.27. The Balaban J connectivity index is 3.23. The van der Waals surface area contributed by atoms with Gasteiger partial charge in [-0.1, -0.05) is 39.0 Å². The highest BCUT2D eigenvalue weighted by molar-refractivity contribution is 7.34. The van der Waals surface area contributed by atoms with Crippen LogP contribution >= 0.6 is 8.46 Å². The maximum Gasteiger partial charge on any atom is 0.0905 e. The van der Waals surface area contributed by atoms with Crippen molar-refractivity contribution in [2.75, 3.05) is 0 Å². The highest BCUT2D eigenvalue weighted by Gasteiger charge is 2.16. The van der Waals surface area contributed by atoms with E-state index < -0.39 is 0 Å². The van der Waals surface area contributed by atoms with Crippen LogP contribution in [0.15, 0.2) is 24.3 Å². The fourth-order valence-corrected chi connectivity index (χ4v) is 1.96. The third kappa shape index (κ3) is 1.92. The predicted molar refractivity (Wildman–Crippen MR) is 53.8 cm³/mol. The van der Waals surface area contributed by atoms with Crippen molar-refractivity contribution in [3.8, 4) is 0 Å². The van der Waals surface area contributed by atoms with Crippen molar-refractivity contribution in [2.45, 2.75) is 26.2 Å². The molecule has 65 valence electrons. The molecule has 1 radical (unpaired) electrons. The van der Waals surface area contributed by atoms with E-state index >= 15 is 0 Å². The largest absolute Gasteiger partial charge is 0.285 e. The predicted octanol–water partition coefficient (Wildman–Crippen LogP) is 2.63. The second kappa shape index (κ2) is 3.37. The second-order valence-electron chi connectivity index (χ2n) is 3.90. The molecular weight excluding hydrogens is 167 g/mol. The summed E-state index contributed by atoms with van der Waals surface area (Å²) >= 11 is 0. The summed E-state index contributed by atoms with van der Waals surface area (Å²) in [5, 5.41) is 0.949. The first-order valence-corrected chi connectivity index (χ1v) is 4.94. The summed E-state index contributed by atoms with van der Waals surface area (Å²) in [6.07, 6.45) is 0. The molecule has 1 atom stereocenters. The molecule has 12 heavy (non-hydrogen) atoms. The van der Waals surface area contributed by atoms with Gasteiger partial charge in [-0.25, -0.2) is 0 Å². The molecule has 0 saturated carbocycles. The van der Waals surface area contributed by atoms with Crippen molar-refractivity contribution in [3.05, 3.63) is 29.8 Å². The summed E-state index contributed by atoms with van der Waals surface area (Å²) in [4.78, 5) is 0. The molecule has 0 saturated heterocycles. The van der Waals surface area contributed by atoms with E-state index in [2.05, 4.69) is 20.8 Å². The first-order valence-electron chi connectivity index (χ1n) is 4.03. The fourth-order valence-electron chi connectivity index (χ4n) is 1.23. The zero-order chi connectivity index (χ0) is 9.19. The topological polar surface area (TPSA) is 17.1 Å². The molecule has 0 aliphatic carbocycles. The normalized spacial score (nSPS) is 11.9. The Morgan fingerprint density at radius 1 is 1.17 bits per heavy atom. The minimum Gasteiger partial charge on any atom is -0.285 e. The summed E-state index contributed by atoms with van der Waals surface area (Å²) in [5.74, 6) is 0. The summed E-state index contributed by atoms with van der Waals surface area (Å²) in [6, 6.07) is 7.88. The monoisotopic (exact) mass is 181 g/mol. The molecule has 1 rings (SSSR count). The smallest absolute Gasteiger partial charge is 0.0905 e. The van der Waals surface area contributed by atoms with Crippen molar-refractivity contribution < 1.29 is 4.57 Å². The van der Waals surface area contributed by atoms with Crippen LogP contribution in [0.3, 0.4) is 0 Å². The van der Waals surface area contributed by atoms with Crippen LogP contribution in [-0.4, -0.2) is 0 Å². The van der Waals surface area contributed by atoms with E-state index in [1.807, 2.05) is 24.3 Å². The Bertz CT molecular complexity index is 286. The molecule has 0 amide bonds. The molecule has 0 bridgehead atoms. The lowest BCUT2D eigenvalue weighted by Crippen LogP contribution is -2.18. The van der Waals surface area contributed by atoms with Crippen LogP contribution < -0.4 is 5.30 Å². The van der Waals surface area contributed by atoms with Gasteiger partial charge in [0.25, 0.3) is 0 Å². The van der Waals surface area contributed by atoms with Gasteiger partial charge in [0.2, 0.25) is 0 Å². The quantitative estimate of drug-likeness (QED) is 0.608. The Kier molecular flexibility index (Phi) is 2.64. The van der Waals surface area contributed by atoms with Gasteiger partial charge < -0.3 is 0 Å². The van der Waals surface area contributed by atoms with Crippen LogP contribution in [0.1, 0.15) is 26.3 Å². The highest BCUT2D eigenvalue weighted by Crippen LogP contribution is 2.22. The number of hydrogen-bond acceptors (Lipinski definition) is 1. The van der Waals surface area contributed by atoms with Crippen molar-refractivity contribution in [1.29, 1.82) is 0 Å². The van der Waals surface area contributed by atoms with Crippen LogP contribution in [0.5, 0.6) is 0 Å². The second-order valence-corrected chi connectivity index (χ2v) is 4.64.